The van der Waals surface area contributed by atoms with Gasteiger partial charge in [0.2, 0.25) is 5.91 Å². The van der Waals surface area contributed by atoms with Crippen LogP contribution < -0.4 is 10.6 Å². The molecule has 1 saturated carbocycles. The highest BCUT2D eigenvalue weighted by molar-refractivity contribution is 5.85. The standard InChI is InChI=1S/C27H30N2O6/c30-23(28-15-26(11-12-26)24(31)32)27(10-5-13-34-17-27)16-29-25(33)35-14-22-20-8-3-1-6-18(20)19-7-2-4-9-21(19)22/h1-4,6-9,22H,5,10-17H2,(H,28,30)(H,29,33)(H,31,32). The minimum absolute atomic E-state index is 0.0471. The number of alkyl carbamates (subject to hydrolysis) is 1. The number of carboxylic acids is 1. The summed E-state index contributed by atoms with van der Waals surface area (Å²) in [5, 5.41) is 15.0. The van der Waals surface area contributed by atoms with Crippen molar-refractivity contribution in [3.63, 3.8) is 0 Å². The summed E-state index contributed by atoms with van der Waals surface area (Å²) in [6, 6.07) is 16.3. The molecule has 3 N–H and O–H groups in total. The lowest BCUT2D eigenvalue weighted by atomic mass is 9.81. The van der Waals surface area contributed by atoms with Gasteiger partial charge in [-0.05, 0) is 47.9 Å². The van der Waals surface area contributed by atoms with Crippen molar-refractivity contribution in [2.75, 3.05) is 32.9 Å². The first-order valence-electron chi connectivity index (χ1n) is 12.1. The maximum Gasteiger partial charge on any atom is 0.407 e. The van der Waals surface area contributed by atoms with E-state index in [4.69, 9.17) is 9.47 Å². The van der Waals surface area contributed by atoms with Crippen molar-refractivity contribution in [3.05, 3.63) is 59.7 Å². The Balaban J connectivity index is 1.20. The normalized spacial score (nSPS) is 21.9. The Morgan fingerprint density at radius 2 is 1.54 bits per heavy atom. The number of fused-ring (bicyclic) bond motifs is 3. The summed E-state index contributed by atoms with van der Waals surface area (Å²) in [6.07, 6.45) is 1.76. The van der Waals surface area contributed by atoms with Crippen LogP contribution in [0.15, 0.2) is 48.5 Å². The third kappa shape index (κ3) is 4.50. The summed E-state index contributed by atoms with van der Waals surface area (Å²) in [4.78, 5) is 37.2. The van der Waals surface area contributed by atoms with Crippen LogP contribution in [0.1, 0.15) is 42.7 Å². The number of ether oxygens (including phenoxy) is 2. The van der Waals surface area contributed by atoms with Gasteiger partial charge in [0.05, 0.1) is 17.4 Å². The third-order valence-electron chi connectivity index (χ3n) is 7.61. The summed E-state index contributed by atoms with van der Waals surface area (Å²) >= 11 is 0. The van der Waals surface area contributed by atoms with Gasteiger partial charge in [0.15, 0.2) is 0 Å². The van der Waals surface area contributed by atoms with Gasteiger partial charge >= 0.3 is 12.1 Å². The van der Waals surface area contributed by atoms with Crippen molar-refractivity contribution in [1.82, 2.24) is 10.6 Å². The number of hydrogen-bond acceptors (Lipinski definition) is 5. The molecule has 5 rings (SSSR count). The van der Waals surface area contributed by atoms with Crippen LogP contribution in [0.3, 0.4) is 0 Å². The fourth-order valence-corrected chi connectivity index (χ4v) is 5.20. The first kappa shape index (κ1) is 23.4. The van der Waals surface area contributed by atoms with Crippen molar-refractivity contribution in [1.29, 1.82) is 0 Å². The predicted octanol–water partition coefficient (Wildman–Crippen LogP) is 3.30. The molecule has 2 amide bonds. The zero-order valence-electron chi connectivity index (χ0n) is 19.5. The van der Waals surface area contributed by atoms with E-state index >= 15 is 0 Å². The van der Waals surface area contributed by atoms with E-state index in [2.05, 4.69) is 34.9 Å². The number of rotatable bonds is 8. The van der Waals surface area contributed by atoms with E-state index in [1.54, 1.807) is 0 Å². The molecule has 2 aliphatic carbocycles. The molecule has 1 aliphatic heterocycles. The zero-order valence-corrected chi connectivity index (χ0v) is 19.5. The quantitative estimate of drug-likeness (QED) is 0.537. The number of amides is 2. The molecule has 1 heterocycles. The van der Waals surface area contributed by atoms with Crippen LogP contribution in [0.5, 0.6) is 0 Å². The topological polar surface area (TPSA) is 114 Å². The molecular formula is C27H30N2O6. The van der Waals surface area contributed by atoms with Gasteiger partial charge in [-0.2, -0.15) is 0 Å². The molecule has 0 radical (unpaired) electrons. The Morgan fingerprint density at radius 3 is 2.11 bits per heavy atom. The molecule has 1 saturated heterocycles. The van der Waals surface area contributed by atoms with E-state index in [1.807, 2.05) is 24.3 Å². The fraction of sp³-hybridized carbons (Fsp3) is 0.444. The Kier molecular flexibility index (Phi) is 6.23. The maximum absolute atomic E-state index is 13.1. The second-order valence-electron chi connectivity index (χ2n) is 9.88. The van der Waals surface area contributed by atoms with E-state index < -0.39 is 22.9 Å². The predicted molar refractivity (Wildman–Crippen MR) is 128 cm³/mol. The average molecular weight is 479 g/mol. The van der Waals surface area contributed by atoms with Gasteiger partial charge in [-0.25, -0.2) is 4.79 Å². The summed E-state index contributed by atoms with van der Waals surface area (Å²) in [7, 11) is 0. The molecule has 1 atom stereocenters. The zero-order chi connectivity index (χ0) is 24.5. The SMILES string of the molecule is O=C(NCC1(C(=O)NCC2(C(=O)O)CC2)CCCOC1)OCC1c2ccccc2-c2ccccc21. The minimum atomic E-state index is -0.946. The maximum atomic E-state index is 13.1. The molecular weight excluding hydrogens is 448 g/mol. The van der Waals surface area contributed by atoms with Gasteiger partial charge in [0.25, 0.3) is 0 Å². The smallest absolute Gasteiger partial charge is 0.407 e. The van der Waals surface area contributed by atoms with Crippen LogP contribution in [-0.4, -0.2) is 56.0 Å². The van der Waals surface area contributed by atoms with Crippen LogP contribution >= 0.6 is 0 Å². The van der Waals surface area contributed by atoms with Gasteiger partial charge < -0.3 is 25.2 Å². The highest BCUT2D eigenvalue weighted by Gasteiger charge is 2.51. The number of carbonyl (C=O) groups is 3. The highest BCUT2D eigenvalue weighted by Crippen LogP contribution is 2.46. The van der Waals surface area contributed by atoms with Crippen molar-refractivity contribution >= 4 is 18.0 Å². The van der Waals surface area contributed by atoms with Gasteiger partial charge in [0.1, 0.15) is 6.61 Å². The van der Waals surface area contributed by atoms with E-state index in [0.29, 0.717) is 32.3 Å². The average Bonchev–Trinajstić information content (AvgIpc) is 3.62. The molecule has 8 heteroatoms. The van der Waals surface area contributed by atoms with E-state index in [0.717, 1.165) is 22.3 Å². The molecule has 1 unspecified atom stereocenters. The lowest BCUT2D eigenvalue weighted by Crippen LogP contribution is -2.54. The molecule has 0 spiro atoms. The molecule has 3 aliphatic rings. The summed E-state index contributed by atoms with van der Waals surface area (Å²) in [5.41, 5.74) is 2.77. The Bertz CT molecular complexity index is 1090. The molecule has 0 aromatic heterocycles. The molecule has 2 aromatic carbocycles. The molecule has 0 bridgehead atoms. The van der Waals surface area contributed by atoms with Gasteiger partial charge in [0, 0.05) is 25.6 Å². The lowest BCUT2D eigenvalue weighted by Gasteiger charge is -2.35. The highest BCUT2D eigenvalue weighted by atomic mass is 16.5. The Labute approximate surface area is 204 Å². The molecule has 35 heavy (non-hydrogen) atoms. The monoisotopic (exact) mass is 478 g/mol. The number of nitrogens with one attached hydrogen (secondary N) is 2. The Hall–Kier alpha value is -3.39. The van der Waals surface area contributed by atoms with Crippen LogP contribution in [0.4, 0.5) is 4.79 Å². The summed E-state index contributed by atoms with van der Waals surface area (Å²) < 4.78 is 11.2. The van der Waals surface area contributed by atoms with Crippen molar-refractivity contribution in [2.45, 2.75) is 31.6 Å². The first-order valence-corrected chi connectivity index (χ1v) is 12.1. The van der Waals surface area contributed by atoms with Crippen LogP contribution in [0.25, 0.3) is 11.1 Å². The fourth-order valence-electron chi connectivity index (χ4n) is 5.20. The number of carbonyl (C=O) groups excluding carboxylic acids is 2. The third-order valence-corrected chi connectivity index (χ3v) is 7.61. The first-order chi connectivity index (χ1) is 16.9. The van der Waals surface area contributed by atoms with Crippen LogP contribution in [0.2, 0.25) is 0 Å². The van der Waals surface area contributed by atoms with Gasteiger partial charge in [-0.1, -0.05) is 48.5 Å². The number of hydrogen-bond donors (Lipinski definition) is 3. The summed E-state index contributed by atoms with van der Waals surface area (Å²) in [6.45, 7) is 1.07. The minimum Gasteiger partial charge on any atom is -0.481 e. The molecule has 184 valence electrons. The lowest BCUT2D eigenvalue weighted by molar-refractivity contribution is -0.144. The number of aliphatic carboxylic acids is 1. The van der Waals surface area contributed by atoms with E-state index in [9.17, 15) is 19.5 Å². The summed E-state index contributed by atoms with van der Waals surface area (Å²) in [5.74, 6) is -1.22. The number of benzene rings is 2. The largest absolute Gasteiger partial charge is 0.481 e. The van der Waals surface area contributed by atoms with Crippen molar-refractivity contribution in [2.24, 2.45) is 10.8 Å². The molecule has 8 nitrogen and oxygen atoms in total. The Morgan fingerprint density at radius 1 is 0.914 bits per heavy atom. The van der Waals surface area contributed by atoms with Crippen molar-refractivity contribution < 1.29 is 29.0 Å². The van der Waals surface area contributed by atoms with Gasteiger partial charge in [-0.3, -0.25) is 9.59 Å². The molecule has 2 aromatic rings. The van der Waals surface area contributed by atoms with E-state index in [-0.39, 0.29) is 38.1 Å². The second kappa shape index (κ2) is 9.34. The number of carboxylic acid groups (broad SMARTS) is 1. The second-order valence-corrected chi connectivity index (χ2v) is 9.88. The molecule has 2 fully saturated rings. The van der Waals surface area contributed by atoms with E-state index in [1.165, 1.54) is 0 Å². The van der Waals surface area contributed by atoms with Crippen LogP contribution in [-0.2, 0) is 19.1 Å². The van der Waals surface area contributed by atoms with Crippen molar-refractivity contribution in [3.8, 4) is 11.1 Å². The van der Waals surface area contributed by atoms with Gasteiger partial charge in [-0.15, -0.1) is 0 Å². The van der Waals surface area contributed by atoms with Crippen LogP contribution in [0, 0.1) is 10.8 Å².